The van der Waals surface area contributed by atoms with Gasteiger partial charge in [-0.25, -0.2) is 0 Å². The van der Waals surface area contributed by atoms with Gasteiger partial charge in [0, 0.05) is 5.33 Å². The van der Waals surface area contributed by atoms with E-state index in [1.54, 1.807) is 0 Å². The molecule has 0 amide bonds. The van der Waals surface area contributed by atoms with Gasteiger partial charge >= 0.3 is 0 Å². The Bertz CT molecular complexity index is 389. The van der Waals surface area contributed by atoms with Gasteiger partial charge in [0.15, 0.2) is 5.79 Å². The lowest BCUT2D eigenvalue weighted by molar-refractivity contribution is -0.141. The molecule has 0 bridgehead atoms. The van der Waals surface area contributed by atoms with Crippen LogP contribution in [-0.2, 0) is 15.9 Å². The Balaban J connectivity index is 1.77. The van der Waals surface area contributed by atoms with E-state index in [-0.39, 0.29) is 6.10 Å². The molecule has 0 aromatic heterocycles. The second-order valence-electron chi connectivity index (χ2n) is 5.20. The molecule has 1 fully saturated rings. The van der Waals surface area contributed by atoms with Crippen LogP contribution in [0.2, 0.25) is 0 Å². The molecule has 106 valence electrons. The number of alkyl halides is 1. The fourth-order valence-corrected chi connectivity index (χ4v) is 2.34. The van der Waals surface area contributed by atoms with Crippen molar-refractivity contribution < 1.29 is 14.2 Å². The number of halogens is 1. The minimum atomic E-state index is -0.479. The molecule has 1 unspecified atom stereocenters. The number of ether oxygens (including phenoxy) is 3. The Kier molecular flexibility index (Phi) is 5.25. The predicted molar refractivity (Wildman–Crippen MR) is 79.0 cm³/mol. The third-order valence-electron chi connectivity index (χ3n) is 3.03. The van der Waals surface area contributed by atoms with Crippen molar-refractivity contribution in [2.75, 3.05) is 18.5 Å². The molecule has 0 radical (unpaired) electrons. The highest BCUT2D eigenvalue weighted by atomic mass is 79.9. The fourth-order valence-electron chi connectivity index (χ4n) is 2.06. The topological polar surface area (TPSA) is 27.7 Å². The molecular weight excluding hydrogens is 308 g/mol. The zero-order chi connectivity index (χ0) is 13.7. The smallest absolute Gasteiger partial charge is 0.163 e. The van der Waals surface area contributed by atoms with Gasteiger partial charge in [-0.05, 0) is 44.4 Å². The van der Waals surface area contributed by atoms with E-state index < -0.39 is 5.79 Å². The zero-order valence-corrected chi connectivity index (χ0v) is 13.1. The minimum Gasteiger partial charge on any atom is -0.491 e. The highest BCUT2D eigenvalue weighted by Gasteiger charge is 2.32. The van der Waals surface area contributed by atoms with E-state index >= 15 is 0 Å². The lowest BCUT2D eigenvalue weighted by Gasteiger charge is -2.17. The maximum absolute atomic E-state index is 5.73. The normalized spacial score (nSPS) is 21.5. The summed E-state index contributed by atoms with van der Waals surface area (Å²) < 4.78 is 16.9. The maximum atomic E-state index is 5.73. The molecule has 0 aliphatic carbocycles. The Morgan fingerprint density at radius 2 is 2.05 bits per heavy atom. The summed E-state index contributed by atoms with van der Waals surface area (Å²) in [4.78, 5) is 0. The second-order valence-corrected chi connectivity index (χ2v) is 5.99. The SMILES string of the molecule is CC1(C)OCC(COc2ccc(CCCBr)cc2)O1. The summed E-state index contributed by atoms with van der Waals surface area (Å²) >= 11 is 3.44. The van der Waals surface area contributed by atoms with Gasteiger partial charge in [-0.3, -0.25) is 0 Å². The van der Waals surface area contributed by atoms with Crippen molar-refractivity contribution in [2.24, 2.45) is 0 Å². The molecule has 1 aliphatic heterocycles. The van der Waals surface area contributed by atoms with E-state index in [1.807, 2.05) is 26.0 Å². The molecule has 0 spiro atoms. The monoisotopic (exact) mass is 328 g/mol. The van der Waals surface area contributed by atoms with Gasteiger partial charge in [-0.15, -0.1) is 0 Å². The Hall–Kier alpha value is -0.580. The van der Waals surface area contributed by atoms with Crippen LogP contribution < -0.4 is 4.74 Å². The molecule has 1 heterocycles. The number of benzene rings is 1. The van der Waals surface area contributed by atoms with Crippen LogP contribution in [0.5, 0.6) is 5.75 Å². The van der Waals surface area contributed by atoms with Gasteiger partial charge in [0.2, 0.25) is 0 Å². The van der Waals surface area contributed by atoms with Crippen LogP contribution in [0.25, 0.3) is 0 Å². The van der Waals surface area contributed by atoms with Gasteiger partial charge < -0.3 is 14.2 Å². The molecule has 3 nitrogen and oxygen atoms in total. The van der Waals surface area contributed by atoms with E-state index in [0.717, 1.165) is 23.9 Å². The molecule has 0 N–H and O–H groups in total. The van der Waals surface area contributed by atoms with Crippen LogP contribution in [0.15, 0.2) is 24.3 Å². The first-order chi connectivity index (χ1) is 9.09. The van der Waals surface area contributed by atoms with Gasteiger partial charge in [-0.1, -0.05) is 28.1 Å². The lowest BCUT2D eigenvalue weighted by Crippen LogP contribution is -2.25. The first kappa shape index (κ1) is 14.8. The Morgan fingerprint density at radius 3 is 2.63 bits per heavy atom. The predicted octanol–water partition coefficient (Wildman–Crippen LogP) is 3.54. The molecule has 1 aromatic rings. The molecule has 1 atom stereocenters. The largest absolute Gasteiger partial charge is 0.491 e. The third-order valence-corrected chi connectivity index (χ3v) is 3.59. The van der Waals surface area contributed by atoms with Crippen molar-refractivity contribution in [3.8, 4) is 5.75 Å². The van der Waals surface area contributed by atoms with Gasteiger partial charge in [-0.2, -0.15) is 0 Å². The van der Waals surface area contributed by atoms with Crippen molar-refractivity contribution in [3.05, 3.63) is 29.8 Å². The van der Waals surface area contributed by atoms with Crippen LogP contribution in [0, 0.1) is 0 Å². The van der Waals surface area contributed by atoms with Crippen LogP contribution in [-0.4, -0.2) is 30.4 Å². The van der Waals surface area contributed by atoms with Crippen molar-refractivity contribution in [1.29, 1.82) is 0 Å². The van der Waals surface area contributed by atoms with E-state index in [1.165, 1.54) is 5.56 Å². The summed E-state index contributed by atoms with van der Waals surface area (Å²) in [7, 11) is 0. The van der Waals surface area contributed by atoms with E-state index in [9.17, 15) is 0 Å². The summed E-state index contributed by atoms with van der Waals surface area (Å²) in [5, 5.41) is 1.04. The maximum Gasteiger partial charge on any atom is 0.163 e. The van der Waals surface area contributed by atoms with Crippen LogP contribution >= 0.6 is 15.9 Å². The van der Waals surface area contributed by atoms with Crippen molar-refractivity contribution in [3.63, 3.8) is 0 Å². The third kappa shape index (κ3) is 4.79. The van der Waals surface area contributed by atoms with E-state index in [2.05, 4.69) is 28.1 Å². The van der Waals surface area contributed by atoms with E-state index in [4.69, 9.17) is 14.2 Å². The summed E-state index contributed by atoms with van der Waals surface area (Å²) in [6.45, 7) is 4.97. The second kappa shape index (κ2) is 6.73. The summed E-state index contributed by atoms with van der Waals surface area (Å²) in [6, 6.07) is 8.27. The average Bonchev–Trinajstić information content (AvgIpc) is 2.75. The lowest BCUT2D eigenvalue weighted by atomic mass is 10.1. The first-order valence-corrected chi connectivity index (χ1v) is 7.81. The van der Waals surface area contributed by atoms with Crippen LogP contribution in [0.3, 0.4) is 0 Å². The Morgan fingerprint density at radius 1 is 1.32 bits per heavy atom. The summed E-state index contributed by atoms with van der Waals surface area (Å²) in [6.07, 6.45) is 2.27. The molecule has 0 saturated carbocycles. The van der Waals surface area contributed by atoms with Gasteiger partial charge in [0.05, 0.1) is 6.61 Å². The molecule has 2 rings (SSSR count). The number of aryl methyl sites for hydroxylation is 1. The highest BCUT2D eigenvalue weighted by molar-refractivity contribution is 9.09. The fraction of sp³-hybridized carbons (Fsp3) is 0.600. The molecule has 1 aliphatic rings. The molecule has 19 heavy (non-hydrogen) atoms. The quantitative estimate of drug-likeness (QED) is 0.747. The van der Waals surface area contributed by atoms with Crippen LogP contribution in [0.4, 0.5) is 0 Å². The molecule has 1 aromatic carbocycles. The number of hydrogen-bond acceptors (Lipinski definition) is 3. The van der Waals surface area contributed by atoms with Crippen molar-refractivity contribution in [2.45, 2.75) is 38.6 Å². The van der Waals surface area contributed by atoms with Gasteiger partial charge in [0.1, 0.15) is 18.5 Å². The number of hydrogen-bond donors (Lipinski definition) is 0. The van der Waals surface area contributed by atoms with Crippen molar-refractivity contribution >= 4 is 15.9 Å². The zero-order valence-electron chi connectivity index (χ0n) is 11.5. The van der Waals surface area contributed by atoms with Crippen LogP contribution in [0.1, 0.15) is 25.8 Å². The summed E-state index contributed by atoms with van der Waals surface area (Å²) in [5.74, 6) is 0.406. The van der Waals surface area contributed by atoms with Crippen molar-refractivity contribution in [1.82, 2.24) is 0 Å². The summed E-state index contributed by atoms with van der Waals surface area (Å²) in [5.41, 5.74) is 1.34. The van der Waals surface area contributed by atoms with Gasteiger partial charge in [0.25, 0.3) is 0 Å². The minimum absolute atomic E-state index is 0.0167. The first-order valence-electron chi connectivity index (χ1n) is 6.68. The molecular formula is C15H21BrO3. The number of rotatable bonds is 6. The average molecular weight is 329 g/mol. The highest BCUT2D eigenvalue weighted by Crippen LogP contribution is 2.23. The Labute approximate surface area is 123 Å². The molecule has 1 saturated heterocycles. The standard InChI is InChI=1S/C15H21BrO3/c1-15(2)18-11-14(19-15)10-17-13-7-5-12(6-8-13)4-3-9-16/h5-8,14H,3-4,9-11H2,1-2H3. The van der Waals surface area contributed by atoms with E-state index in [0.29, 0.717) is 13.2 Å². The molecule has 4 heteroatoms.